The van der Waals surface area contributed by atoms with Crippen molar-refractivity contribution >= 4 is 11.4 Å². The smallest absolute Gasteiger partial charge is 0.101 e. The fourth-order valence-electron chi connectivity index (χ4n) is 2.51. The van der Waals surface area contributed by atoms with Crippen LogP contribution in [0.2, 0.25) is 0 Å². The lowest BCUT2D eigenvalue weighted by Gasteiger charge is -2.23. The third-order valence-corrected chi connectivity index (χ3v) is 3.38. The molecule has 2 aromatic carbocycles. The van der Waals surface area contributed by atoms with E-state index >= 15 is 0 Å². The molecule has 0 saturated heterocycles. The molecule has 0 saturated carbocycles. The van der Waals surface area contributed by atoms with E-state index in [1.165, 1.54) is 11.1 Å². The number of hydrogen-bond donors (Lipinski definition) is 0. The van der Waals surface area contributed by atoms with E-state index in [2.05, 4.69) is 48.5 Å². The normalized spacial score (nSPS) is 13.1. The molecule has 2 heteroatoms. The highest BCUT2D eigenvalue weighted by atomic mass is 14.9. The molecule has 2 rings (SSSR count). The lowest BCUT2D eigenvalue weighted by molar-refractivity contribution is 0.578. The number of nitrogens with zero attached hydrogens (tertiary/aromatic N) is 2. The van der Waals surface area contributed by atoms with Crippen molar-refractivity contribution in [3.8, 4) is 0 Å². The molecule has 22 heavy (non-hydrogen) atoms. The van der Waals surface area contributed by atoms with Crippen LogP contribution in [0.25, 0.3) is 0 Å². The van der Waals surface area contributed by atoms with Crippen LogP contribution in [-0.4, -0.2) is 11.4 Å². The highest BCUT2D eigenvalue weighted by Crippen LogP contribution is 2.35. The highest BCUT2D eigenvalue weighted by Gasteiger charge is 2.23. The number of aliphatic imine (C=N–C) groups is 2. The average Bonchev–Trinajstić information content (AvgIpc) is 2.52. The molecule has 0 unspecified atom stereocenters. The van der Waals surface area contributed by atoms with Crippen LogP contribution in [0.1, 0.15) is 50.9 Å². The lowest BCUT2D eigenvalue weighted by Crippen LogP contribution is -2.10. The molecule has 0 aromatic heterocycles. The maximum atomic E-state index is 4.89. The van der Waals surface area contributed by atoms with Gasteiger partial charge in [0.25, 0.3) is 0 Å². The van der Waals surface area contributed by atoms with Gasteiger partial charge in [-0.1, -0.05) is 60.7 Å². The van der Waals surface area contributed by atoms with Crippen LogP contribution in [-0.2, 0) is 0 Å². The standard InChI is InChI=1S/C20H24N2/c1-15(2)21-19(17-11-7-5-8-12-17)20(22-16(3)4)18-13-9-6-10-14-18/h5-14,19-20H,1-4H3/t19-,20+. The van der Waals surface area contributed by atoms with E-state index in [-0.39, 0.29) is 12.1 Å². The molecule has 0 N–H and O–H groups in total. The first kappa shape index (κ1) is 16.2. The first-order chi connectivity index (χ1) is 10.6. The molecule has 0 radical (unpaired) electrons. The predicted octanol–water partition coefficient (Wildman–Crippen LogP) is 5.43. The Balaban J connectivity index is 2.54. The summed E-state index contributed by atoms with van der Waals surface area (Å²) in [5.41, 5.74) is 4.53. The van der Waals surface area contributed by atoms with Gasteiger partial charge in [-0.25, -0.2) is 0 Å². The molecule has 0 spiro atoms. The Morgan fingerprint density at radius 1 is 0.591 bits per heavy atom. The highest BCUT2D eigenvalue weighted by molar-refractivity contribution is 5.80. The quantitative estimate of drug-likeness (QED) is 0.656. The molecule has 2 atom stereocenters. The van der Waals surface area contributed by atoms with Gasteiger partial charge in [0, 0.05) is 11.4 Å². The second-order valence-corrected chi connectivity index (χ2v) is 5.86. The Bertz CT molecular complexity index is 574. The molecule has 0 aliphatic carbocycles. The predicted molar refractivity (Wildman–Crippen MR) is 95.9 cm³/mol. The number of rotatable bonds is 5. The van der Waals surface area contributed by atoms with Gasteiger partial charge in [-0.3, -0.25) is 9.98 Å². The third kappa shape index (κ3) is 4.39. The fraction of sp³-hybridized carbons (Fsp3) is 0.300. The number of benzene rings is 2. The fourth-order valence-corrected chi connectivity index (χ4v) is 2.51. The Labute approximate surface area is 133 Å². The van der Waals surface area contributed by atoms with Gasteiger partial charge < -0.3 is 0 Å². The lowest BCUT2D eigenvalue weighted by atomic mass is 9.94. The molecule has 2 aromatic rings. The molecule has 2 nitrogen and oxygen atoms in total. The van der Waals surface area contributed by atoms with Gasteiger partial charge in [0.2, 0.25) is 0 Å². The molecule has 0 fully saturated rings. The first-order valence-corrected chi connectivity index (χ1v) is 7.70. The topological polar surface area (TPSA) is 24.7 Å². The van der Waals surface area contributed by atoms with Crippen molar-refractivity contribution < 1.29 is 0 Å². The third-order valence-electron chi connectivity index (χ3n) is 3.38. The first-order valence-electron chi connectivity index (χ1n) is 7.70. The van der Waals surface area contributed by atoms with Crippen LogP contribution in [0.4, 0.5) is 0 Å². The van der Waals surface area contributed by atoms with Crippen LogP contribution in [0.3, 0.4) is 0 Å². The van der Waals surface area contributed by atoms with Crippen LogP contribution in [0.15, 0.2) is 70.6 Å². The van der Waals surface area contributed by atoms with Crippen LogP contribution in [0.5, 0.6) is 0 Å². The molecule has 0 aliphatic heterocycles. The van der Waals surface area contributed by atoms with Gasteiger partial charge in [-0.2, -0.15) is 0 Å². The van der Waals surface area contributed by atoms with Crippen molar-refractivity contribution in [1.29, 1.82) is 0 Å². The Morgan fingerprint density at radius 3 is 1.18 bits per heavy atom. The van der Waals surface area contributed by atoms with Gasteiger partial charge in [0.1, 0.15) is 12.1 Å². The molecule has 0 heterocycles. The van der Waals surface area contributed by atoms with Gasteiger partial charge in [0.15, 0.2) is 0 Å². The summed E-state index contributed by atoms with van der Waals surface area (Å²) < 4.78 is 0. The van der Waals surface area contributed by atoms with Crippen molar-refractivity contribution in [2.75, 3.05) is 0 Å². The summed E-state index contributed by atoms with van der Waals surface area (Å²) in [6.07, 6.45) is 0. The monoisotopic (exact) mass is 292 g/mol. The van der Waals surface area contributed by atoms with Gasteiger partial charge in [-0.15, -0.1) is 0 Å². The van der Waals surface area contributed by atoms with Gasteiger partial charge in [0.05, 0.1) is 0 Å². The van der Waals surface area contributed by atoms with E-state index in [9.17, 15) is 0 Å². The van der Waals surface area contributed by atoms with Gasteiger partial charge in [-0.05, 0) is 38.8 Å². The Kier molecular flexibility index (Phi) is 5.65. The molecular weight excluding hydrogens is 268 g/mol. The van der Waals surface area contributed by atoms with Crippen molar-refractivity contribution in [1.82, 2.24) is 0 Å². The average molecular weight is 292 g/mol. The van der Waals surface area contributed by atoms with E-state index in [0.29, 0.717) is 0 Å². The van der Waals surface area contributed by atoms with Crippen molar-refractivity contribution in [3.63, 3.8) is 0 Å². The van der Waals surface area contributed by atoms with E-state index in [1.54, 1.807) is 0 Å². The van der Waals surface area contributed by atoms with E-state index in [1.807, 2.05) is 39.8 Å². The second kappa shape index (κ2) is 7.69. The SMILES string of the molecule is CC(C)=N[C@H](c1ccccc1)[C@@H](N=C(C)C)c1ccccc1. The van der Waals surface area contributed by atoms with Crippen LogP contribution >= 0.6 is 0 Å². The zero-order chi connectivity index (χ0) is 15.9. The summed E-state index contributed by atoms with van der Waals surface area (Å²) >= 11 is 0. The summed E-state index contributed by atoms with van der Waals surface area (Å²) in [4.78, 5) is 9.77. The molecular formula is C20H24N2. The maximum absolute atomic E-state index is 4.89. The van der Waals surface area contributed by atoms with Crippen LogP contribution < -0.4 is 0 Å². The summed E-state index contributed by atoms with van der Waals surface area (Å²) in [6.45, 7) is 8.17. The summed E-state index contributed by atoms with van der Waals surface area (Å²) in [5, 5.41) is 0. The minimum absolute atomic E-state index is 0.00324. The zero-order valence-electron chi connectivity index (χ0n) is 13.8. The molecule has 0 aliphatic rings. The minimum atomic E-state index is 0.00324. The summed E-state index contributed by atoms with van der Waals surface area (Å²) in [7, 11) is 0. The number of hydrogen-bond acceptors (Lipinski definition) is 2. The Hall–Kier alpha value is -2.22. The summed E-state index contributed by atoms with van der Waals surface area (Å²) in [6, 6.07) is 20.9. The summed E-state index contributed by atoms with van der Waals surface area (Å²) in [5.74, 6) is 0. The van der Waals surface area contributed by atoms with Gasteiger partial charge >= 0.3 is 0 Å². The zero-order valence-corrected chi connectivity index (χ0v) is 13.8. The molecule has 0 amide bonds. The minimum Gasteiger partial charge on any atom is -0.284 e. The molecule has 0 bridgehead atoms. The maximum Gasteiger partial charge on any atom is 0.101 e. The van der Waals surface area contributed by atoms with Crippen LogP contribution in [0, 0.1) is 0 Å². The second-order valence-electron chi connectivity index (χ2n) is 5.86. The van der Waals surface area contributed by atoms with E-state index < -0.39 is 0 Å². The van der Waals surface area contributed by atoms with Crippen molar-refractivity contribution in [2.45, 2.75) is 39.8 Å². The van der Waals surface area contributed by atoms with E-state index in [0.717, 1.165) is 11.4 Å². The molecule has 114 valence electrons. The van der Waals surface area contributed by atoms with Crippen molar-refractivity contribution in [3.05, 3.63) is 71.8 Å². The van der Waals surface area contributed by atoms with Crippen molar-refractivity contribution in [2.24, 2.45) is 9.98 Å². The largest absolute Gasteiger partial charge is 0.284 e. The Morgan fingerprint density at radius 2 is 0.909 bits per heavy atom. The van der Waals surface area contributed by atoms with E-state index in [4.69, 9.17) is 9.98 Å².